The lowest BCUT2D eigenvalue weighted by atomic mass is 9.93. The third kappa shape index (κ3) is 4.51. The van der Waals surface area contributed by atoms with Crippen LogP contribution in [-0.4, -0.2) is 47.8 Å². The van der Waals surface area contributed by atoms with Gasteiger partial charge in [0, 0.05) is 49.5 Å². The summed E-state index contributed by atoms with van der Waals surface area (Å²) < 4.78 is 1.99. The van der Waals surface area contributed by atoms with Gasteiger partial charge in [-0.15, -0.1) is 0 Å². The molecule has 0 saturated heterocycles. The lowest BCUT2D eigenvalue weighted by Gasteiger charge is -2.24. The number of fused-ring (bicyclic) bond motifs is 1. The fraction of sp³-hybridized carbons (Fsp3) is 0.500. The average molecular weight is 355 g/mol. The first kappa shape index (κ1) is 18.6. The minimum absolute atomic E-state index is 0.0151. The molecule has 1 aliphatic rings. The molecule has 2 aromatic rings. The van der Waals surface area contributed by atoms with Crippen molar-refractivity contribution in [3.63, 3.8) is 0 Å². The summed E-state index contributed by atoms with van der Waals surface area (Å²) in [6, 6.07) is 8.22. The first-order chi connectivity index (χ1) is 12.5. The van der Waals surface area contributed by atoms with Crippen molar-refractivity contribution >= 4 is 5.91 Å². The summed E-state index contributed by atoms with van der Waals surface area (Å²) in [5, 5.41) is 11.0. The summed E-state index contributed by atoms with van der Waals surface area (Å²) in [6.45, 7) is 2.29. The van der Waals surface area contributed by atoms with E-state index in [0.29, 0.717) is 18.2 Å². The number of hydrogen-bond donors (Lipinski definition) is 2. The van der Waals surface area contributed by atoms with Crippen LogP contribution in [0.15, 0.2) is 30.5 Å². The van der Waals surface area contributed by atoms with Crippen molar-refractivity contribution in [2.45, 2.75) is 31.8 Å². The summed E-state index contributed by atoms with van der Waals surface area (Å²) in [6.07, 6.45) is 5.44. The van der Waals surface area contributed by atoms with E-state index in [9.17, 15) is 4.79 Å². The van der Waals surface area contributed by atoms with Crippen LogP contribution in [-0.2, 0) is 20.0 Å². The molecule has 0 spiro atoms. The molecule has 140 valence electrons. The van der Waals surface area contributed by atoms with Crippen molar-refractivity contribution in [2.75, 3.05) is 27.2 Å². The molecule has 0 bridgehead atoms. The van der Waals surface area contributed by atoms with Crippen LogP contribution in [0.5, 0.6) is 0 Å². The second kappa shape index (κ2) is 8.47. The normalized spacial score (nSPS) is 16.5. The summed E-state index contributed by atoms with van der Waals surface area (Å²) in [4.78, 5) is 14.2. The van der Waals surface area contributed by atoms with E-state index in [1.807, 2.05) is 61.2 Å². The number of carbonyl (C=O) groups is 1. The highest BCUT2D eigenvalue weighted by molar-refractivity contribution is 5.94. The zero-order valence-corrected chi connectivity index (χ0v) is 16.0. The van der Waals surface area contributed by atoms with E-state index >= 15 is 0 Å². The minimum atomic E-state index is -0.0151. The van der Waals surface area contributed by atoms with Crippen LogP contribution >= 0.6 is 0 Å². The van der Waals surface area contributed by atoms with Gasteiger partial charge in [0.15, 0.2) is 0 Å². The Hall–Kier alpha value is -2.18. The van der Waals surface area contributed by atoms with Gasteiger partial charge in [0.2, 0.25) is 0 Å². The van der Waals surface area contributed by atoms with Crippen LogP contribution < -0.4 is 10.6 Å². The van der Waals surface area contributed by atoms with Gasteiger partial charge in [0.25, 0.3) is 5.91 Å². The van der Waals surface area contributed by atoms with Crippen LogP contribution in [0.2, 0.25) is 0 Å². The average Bonchev–Trinajstić information content (AvgIpc) is 3.02. The van der Waals surface area contributed by atoms with Crippen LogP contribution in [0.25, 0.3) is 0 Å². The second-order valence-corrected chi connectivity index (χ2v) is 7.25. The molecule has 1 aromatic carbocycles. The molecular formula is C20H29N5O. The summed E-state index contributed by atoms with van der Waals surface area (Å²) in [5.74, 6) is -0.0151. The molecule has 1 atom stereocenters. The molecule has 0 fully saturated rings. The Labute approximate surface area is 155 Å². The Morgan fingerprint density at radius 3 is 2.81 bits per heavy atom. The number of likely N-dealkylation sites (N-methyl/N-ethyl adjacent to an activating group) is 1. The van der Waals surface area contributed by atoms with Crippen molar-refractivity contribution < 1.29 is 4.79 Å². The largest absolute Gasteiger partial charge is 0.351 e. The summed E-state index contributed by atoms with van der Waals surface area (Å²) in [7, 11) is 6.01. The van der Waals surface area contributed by atoms with Crippen LogP contribution in [0.4, 0.5) is 0 Å². The molecule has 0 saturated carbocycles. The molecule has 3 rings (SSSR count). The third-order valence-electron chi connectivity index (χ3n) is 4.99. The summed E-state index contributed by atoms with van der Waals surface area (Å²) >= 11 is 0. The lowest BCUT2D eigenvalue weighted by molar-refractivity contribution is 0.0951. The molecule has 1 aliphatic carbocycles. The molecule has 2 N–H and O–H groups in total. The zero-order chi connectivity index (χ0) is 18.5. The minimum Gasteiger partial charge on any atom is -0.351 e. The molecular weight excluding hydrogens is 326 g/mol. The number of carbonyl (C=O) groups excluding carboxylic acids is 1. The maximum Gasteiger partial charge on any atom is 0.251 e. The summed E-state index contributed by atoms with van der Waals surface area (Å²) in [5.41, 5.74) is 4.57. The number of rotatable bonds is 7. The molecule has 6 nitrogen and oxygen atoms in total. The van der Waals surface area contributed by atoms with Gasteiger partial charge in [-0.2, -0.15) is 5.10 Å². The first-order valence-corrected chi connectivity index (χ1v) is 9.30. The third-order valence-corrected chi connectivity index (χ3v) is 4.99. The number of amides is 1. The molecule has 1 heterocycles. The molecule has 0 radical (unpaired) electrons. The Balaban J connectivity index is 1.53. The van der Waals surface area contributed by atoms with Crippen molar-refractivity contribution in [3.8, 4) is 0 Å². The first-order valence-electron chi connectivity index (χ1n) is 9.30. The smallest absolute Gasteiger partial charge is 0.251 e. The lowest BCUT2D eigenvalue weighted by Crippen LogP contribution is -2.31. The molecule has 6 heteroatoms. The van der Waals surface area contributed by atoms with Crippen molar-refractivity contribution in [2.24, 2.45) is 7.05 Å². The van der Waals surface area contributed by atoms with E-state index in [1.54, 1.807) is 0 Å². The monoisotopic (exact) mass is 355 g/mol. The zero-order valence-electron chi connectivity index (χ0n) is 16.0. The molecule has 0 aliphatic heterocycles. The van der Waals surface area contributed by atoms with Gasteiger partial charge in [0.1, 0.15) is 0 Å². The highest BCUT2D eigenvalue weighted by atomic mass is 16.1. The highest BCUT2D eigenvalue weighted by Crippen LogP contribution is 2.29. The maximum absolute atomic E-state index is 12.1. The fourth-order valence-corrected chi connectivity index (χ4v) is 3.43. The fourth-order valence-electron chi connectivity index (χ4n) is 3.43. The standard InChI is InChI=1S/C20H29N5O/c1-24(2)12-11-21-20(26)16-9-7-15(8-10-16)13-22-18-5-4-6-19-17(18)14-23-25(19)3/h7-10,14,18,22H,4-6,11-13H2,1-3H3,(H,21,26). The number of hydrogen-bond acceptors (Lipinski definition) is 4. The highest BCUT2D eigenvalue weighted by Gasteiger charge is 2.22. The number of aryl methyl sites for hydroxylation is 1. The van der Waals surface area contributed by atoms with Crippen molar-refractivity contribution in [1.82, 2.24) is 25.3 Å². The van der Waals surface area contributed by atoms with E-state index in [0.717, 1.165) is 25.9 Å². The predicted molar refractivity (Wildman–Crippen MR) is 103 cm³/mol. The van der Waals surface area contributed by atoms with Crippen LogP contribution in [0, 0.1) is 0 Å². The van der Waals surface area contributed by atoms with Crippen molar-refractivity contribution in [1.29, 1.82) is 0 Å². The van der Waals surface area contributed by atoms with Gasteiger partial charge in [-0.05, 0) is 51.1 Å². The Morgan fingerprint density at radius 2 is 2.08 bits per heavy atom. The van der Waals surface area contributed by atoms with E-state index in [1.165, 1.54) is 23.2 Å². The predicted octanol–water partition coefficient (Wildman–Crippen LogP) is 1.88. The second-order valence-electron chi connectivity index (χ2n) is 7.25. The quantitative estimate of drug-likeness (QED) is 0.796. The number of nitrogens with one attached hydrogen (secondary N) is 2. The van der Waals surface area contributed by atoms with Crippen LogP contribution in [0.3, 0.4) is 0 Å². The van der Waals surface area contributed by atoms with E-state index in [-0.39, 0.29) is 5.91 Å². The van der Waals surface area contributed by atoms with Crippen molar-refractivity contribution in [3.05, 3.63) is 52.8 Å². The Kier molecular flexibility index (Phi) is 6.06. The van der Waals surface area contributed by atoms with Gasteiger partial charge in [-0.25, -0.2) is 0 Å². The molecule has 26 heavy (non-hydrogen) atoms. The molecule has 1 amide bonds. The maximum atomic E-state index is 12.1. The Bertz CT molecular complexity index is 735. The van der Waals surface area contributed by atoms with Gasteiger partial charge < -0.3 is 15.5 Å². The van der Waals surface area contributed by atoms with E-state index in [2.05, 4.69) is 15.7 Å². The van der Waals surface area contributed by atoms with Gasteiger partial charge >= 0.3 is 0 Å². The van der Waals surface area contributed by atoms with E-state index < -0.39 is 0 Å². The van der Waals surface area contributed by atoms with E-state index in [4.69, 9.17) is 0 Å². The number of benzene rings is 1. The van der Waals surface area contributed by atoms with Gasteiger partial charge in [-0.3, -0.25) is 9.48 Å². The SMILES string of the molecule is CN(C)CCNC(=O)c1ccc(CNC2CCCc3c2cnn3C)cc1. The van der Waals surface area contributed by atoms with Crippen LogP contribution in [0.1, 0.15) is 46.1 Å². The van der Waals surface area contributed by atoms with Gasteiger partial charge in [0.05, 0.1) is 6.20 Å². The number of aromatic nitrogens is 2. The Morgan fingerprint density at radius 1 is 1.31 bits per heavy atom. The molecule has 1 unspecified atom stereocenters. The van der Waals surface area contributed by atoms with Gasteiger partial charge in [-0.1, -0.05) is 12.1 Å². The molecule has 1 aromatic heterocycles. The number of nitrogens with zero attached hydrogens (tertiary/aromatic N) is 3. The topological polar surface area (TPSA) is 62.2 Å².